The molecule has 0 aliphatic heterocycles. The maximum absolute atomic E-state index is 12.1. The molecule has 2 aliphatic rings. The van der Waals surface area contributed by atoms with E-state index < -0.39 is 24.5 Å². The zero-order valence-corrected chi connectivity index (χ0v) is 13.9. The number of carboxylic acid groups (broad SMARTS) is 1. The normalized spacial score (nSPS) is 30.7. The van der Waals surface area contributed by atoms with Gasteiger partial charge in [0.15, 0.2) is 6.61 Å². The minimum Gasteiger partial charge on any atom is -0.479 e. The number of ether oxygens (including phenoxy) is 2. The molecule has 2 rings (SSSR count). The van der Waals surface area contributed by atoms with Gasteiger partial charge in [-0.05, 0) is 30.6 Å². The number of hydrogen-bond acceptors (Lipinski definition) is 5. The van der Waals surface area contributed by atoms with E-state index >= 15 is 0 Å². The molecule has 0 amide bonds. The van der Waals surface area contributed by atoms with E-state index in [1.807, 2.05) is 0 Å². The van der Waals surface area contributed by atoms with E-state index in [2.05, 4.69) is 32.1 Å². The molecule has 128 valence electrons. The summed E-state index contributed by atoms with van der Waals surface area (Å²) in [6.45, 7) is 9.33. The molecule has 6 heteroatoms. The fourth-order valence-corrected chi connectivity index (χ4v) is 3.98. The van der Waals surface area contributed by atoms with Crippen LogP contribution in [0.4, 0.5) is 0 Å². The highest BCUT2D eigenvalue weighted by Gasteiger charge is 2.62. The third kappa shape index (κ3) is 3.12. The van der Waals surface area contributed by atoms with Crippen LogP contribution in [0.3, 0.4) is 0 Å². The predicted octanol–water partition coefficient (Wildman–Crippen LogP) is 2.32. The Morgan fingerprint density at radius 3 is 2.39 bits per heavy atom. The second-order valence-corrected chi connectivity index (χ2v) is 7.34. The van der Waals surface area contributed by atoms with Crippen LogP contribution in [-0.2, 0) is 23.9 Å². The molecule has 0 unspecified atom stereocenters. The van der Waals surface area contributed by atoms with Crippen LogP contribution in [0.15, 0.2) is 12.2 Å². The van der Waals surface area contributed by atoms with Crippen molar-refractivity contribution in [2.24, 2.45) is 16.7 Å². The topological polar surface area (TPSA) is 89.9 Å². The van der Waals surface area contributed by atoms with Gasteiger partial charge in [-0.2, -0.15) is 0 Å². The van der Waals surface area contributed by atoms with E-state index in [9.17, 15) is 14.4 Å². The summed E-state index contributed by atoms with van der Waals surface area (Å²) in [6.07, 6.45) is 2.61. The Kier molecular flexibility index (Phi) is 4.55. The van der Waals surface area contributed by atoms with Gasteiger partial charge < -0.3 is 14.6 Å². The second-order valence-electron chi connectivity index (χ2n) is 7.34. The van der Waals surface area contributed by atoms with Crippen molar-refractivity contribution >= 4 is 17.9 Å². The summed E-state index contributed by atoms with van der Waals surface area (Å²) in [5.41, 5.74) is -0.00256. The molecule has 0 spiro atoms. The number of carbonyl (C=O) groups is 3. The maximum atomic E-state index is 12.1. The molecule has 3 atom stereocenters. The fourth-order valence-electron chi connectivity index (χ4n) is 3.98. The first-order chi connectivity index (χ1) is 10.6. The monoisotopic (exact) mass is 324 g/mol. The SMILES string of the molecule is C=C(CC(=O)O[C@@H]1C[C@H]2CC[C@]1(C)C2(C)C)C(=O)OCC(=O)O. The van der Waals surface area contributed by atoms with E-state index in [-0.39, 0.29) is 28.9 Å². The van der Waals surface area contributed by atoms with Gasteiger partial charge in [-0.25, -0.2) is 9.59 Å². The van der Waals surface area contributed by atoms with Crippen LogP contribution in [-0.4, -0.2) is 35.7 Å². The Morgan fingerprint density at radius 2 is 1.91 bits per heavy atom. The molecular formula is C17H24O6. The van der Waals surface area contributed by atoms with Crippen molar-refractivity contribution in [1.29, 1.82) is 0 Å². The summed E-state index contributed by atoms with van der Waals surface area (Å²) in [5.74, 6) is -2.11. The van der Waals surface area contributed by atoms with Crippen LogP contribution in [0, 0.1) is 16.7 Å². The molecule has 23 heavy (non-hydrogen) atoms. The zero-order chi connectivity index (χ0) is 17.4. The first kappa shape index (κ1) is 17.5. The molecule has 1 N–H and O–H groups in total. The van der Waals surface area contributed by atoms with Crippen molar-refractivity contribution in [3.8, 4) is 0 Å². The van der Waals surface area contributed by atoms with Crippen LogP contribution < -0.4 is 0 Å². The maximum Gasteiger partial charge on any atom is 0.341 e. The first-order valence-electron chi connectivity index (χ1n) is 7.84. The lowest BCUT2D eigenvalue weighted by Gasteiger charge is -2.38. The number of esters is 2. The summed E-state index contributed by atoms with van der Waals surface area (Å²) in [4.78, 5) is 33.9. The number of fused-ring (bicyclic) bond motifs is 2. The van der Waals surface area contributed by atoms with E-state index in [0.29, 0.717) is 5.92 Å². The lowest BCUT2D eigenvalue weighted by Crippen LogP contribution is -2.38. The summed E-state index contributed by atoms with van der Waals surface area (Å²) in [6, 6.07) is 0. The standard InChI is InChI=1S/C17H24O6/c1-10(15(21)22-9-13(18)19)7-14(20)23-12-8-11-5-6-17(12,4)16(11,2)3/h11-12H,1,5-9H2,2-4H3,(H,18,19)/t11-,12-,17+/m1/s1. The van der Waals surface area contributed by atoms with Crippen molar-refractivity contribution in [2.75, 3.05) is 6.61 Å². The number of hydrogen-bond donors (Lipinski definition) is 1. The third-order valence-corrected chi connectivity index (χ3v) is 5.96. The molecule has 2 bridgehead atoms. The van der Waals surface area contributed by atoms with Gasteiger partial charge in [0.1, 0.15) is 6.10 Å². The zero-order valence-electron chi connectivity index (χ0n) is 13.9. The number of aliphatic carboxylic acids is 1. The molecular weight excluding hydrogens is 300 g/mol. The van der Waals surface area contributed by atoms with Crippen LogP contribution >= 0.6 is 0 Å². The van der Waals surface area contributed by atoms with Gasteiger partial charge in [0.2, 0.25) is 0 Å². The van der Waals surface area contributed by atoms with Crippen LogP contribution in [0.25, 0.3) is 0 Å². The summed E-state index contributed by atoms with van der Waals surface area (Å²) in [7, 11) is 0. The van der Waals surface area contributed by atoms with Crippen molar-refractivity contribution < 1.29 is 29.0 Å². The lowest BCUT2D eigenvalue weighted by molar-refractivity contribution is -0.158. The van der Waals surface area contributed by atoms with Gasteiger partial charge >= 0.3 is 17.9 Å². The Bertz CT molecular complexity index is 549. The number of rotatable bonds is 6. The summed E-state index contributed by atoms with van der Waals surface area (Å²) < 4.78 is 10.1. The third-order valence-electron chi connectivity index (χ3n) is 5.96. The minimum atomic E-state index is -1.26. The van der Waals surface area contributed by atoms with E-state index in [1.165, 1.54) is 0 Å². The van der Waals surface area contributed by atoms with E-state index in [0.717, 1.165) is 19.3 Å². The van der Waals surface area contributed by atoms with Gasteiger partial charge in [0.05, 0.1) is 6.42 Å². The highest BCUT2D eigenvalue weighted by atomic mass is 16.6. The van der Waals surface area contributed by atoms with Crippen molar-refractivity contribution in [3.63, 3.8) is 0 Å². The molecule has 0 aromatic rings. The van der Waals surface area contributed by atoms with Gasteiger partial charge in [-0.1, -0.05) is 27.4 Å². The second kappa shape index (κ2) is 5.98. The Balaban J connectivity index is 1.88. The fraction of sp³-hybridized carbons (Fsp3) is 0.706. The molecule has 0 aromatic heterocycles. The van der Waals surface area contributed by atoms with E-state index in [4.69, 9.17) is 9.84 Å². The Labute approximate surface area is 135 Å². The summed E-state index contributed by atoms with van der Waals surface area (Å²) >= 11 is 0. The molecule has 0 radical (unpaired) electrons. The average Bonchev–Trinajstić information content (AvgIpc) is 2.77. The molecule has 0 aromatic carbocycles. The number of carbonyl (C=O) groups excluding carboxylic acids is 2. The van der Waals surface area contributed by atoms with Crippen molar-refractivity contribution in [2.45, 2.75) is 52.6 Å². The van der Waals surface area contributed by atoms with Gasteiger partial charge in [-0.3, -0.25) is 4.79 Å². The van der Waals surface area contributed by atoms with Crippen LogP contribution in [0.1, 0.15) is 46.5 Å². The van der Waals surface area contributed by atoms with Crippen molar-refractivity contribution in [1.82, 2.24) is 0 Å². The average molecular weight is 324 g/mol. The molecule has 0 saturated heterocycles. The Hall–Kier alpha value is -1.85. The molecule has 2 aliphatic carbocycles. The van der Waals surface area contributed by atoms with Gasteiger partial charge in [0, 0.05) is 11.0 Å². The van der Waals surface area contributed by atoms with Crippen LogP contribution in [0.2, 0.25) is 0 Å². The van der Waals surface area contributed by atoms with Crippen molar-refractivity contribution in [3.05, 3.63) is 12.2 Å². The molecule has 6 nitrogen and oxygen atoms in total. The highest BCUT2D eigenvalue weighted by Crippen LogP contribution is 2.66. The van der Waals surface area contributed by atoms with Gasteiger partial charge in [0.25, 0.3) is 0 Å². The first-order valence-corrected chi connectivity index (χ1v) is 7.84. The largest absolute Gasteiger partial charge is 0.479 e. The molecule has 2 saturated carbocycles. The quantitative estimate of drug-likeness (QED) is 0.596. The number of carboxylic acids is 1. The van der Waals surface area contributed by atoms with Gasteiger partial charge in [-0.15, -0.1) is 0 Å². The highest BCUT2D eigenvalue weighted by molar-refractivity contribution is 5.94. The molecule has 2 fully saturated rings. The smallest absolute Gasteiger partial charge is 0.341 e. The van der Waals surface area contributed by atoms with Crippen LogP contribution in [0.5, 0.6) is 0 Å². The molecule has 0 heterocycles. The minimum absolute atomic E-state index is 0.0432. The Morgan fingerprint density at radius 1 is 1.26 bits per heavy atom. The lowest BCUT2D eigenvalue weighted by atomic mass is 9.70. The van der Waals surface area contributed by atoms with E-state index in [1.54, 1.807) is 0 Å². The summed E-state index contributed by atoms with van der Waals surface area (Å²) in [5, 5.41) is 8.46. The predicted molar refractivity (Wildman–Crippen MR) is 81.5 cm³/mol.